The SMILES string of the molecule is CC(C)CC[C@H](c1ccc(F)c(F)c1)N1CCNCC1.Cl.Cl. The Balaban J connectivity index is 0.00000220. The van der Waals surface area contributed by atoms with E-state index in [2.05, 4.69) is 24.1 Å². The molecule has 0 amide bonds. The highest BCUT2D eigenvalue weighted by atomic mass is 35.5. The van der Waals surface area contributed by atoms with Gasteiger partial charge in [0, 0.05) is 32.2 Å². The Morgan fingerprint density at radius 2 is 1.68 bits per heavy atom. The van der Waals surface area contributed by atoms with Gasteiger partial charge in [0.15, 0.2) is 11.6 Å². The minimum Gasteiger partial charge on any atom is -0.314 e. The van der Waals surface area contributed by atoms with Gasteiger partial charge in [0.25, 0.3) is 0 Å². The maximum Gasteiger partial charge on any atom is 0.159 e. The summed E-state index contributed by atoms with van der Waals surface area (Å²) < 4.78 is 26.6. The second-order valence-corrected chi connectivity index (χ2v) is 5.95. The van der Waals surface area contributed by atoms with Gasteiger partial charge in [-0.25, -0.2) is 8.78 Å². The van der Waals surface area contributed by atoms with Crippen LogP contribution >= 0.6 is 24.8 Å². The number of hydrogen-bond acceptors (Lipinski definition) is 2. The molecule has 0 spiro atoms. The molecule has 1 aromatic carbocycles. The fraction of sp³-hybridized carbons (Fsp3) is 0.625. The number of benzene rings is 1. The maximum absolute atomic E-state index is 13.5. The van der Waals surface area contributed by atoms with E-state index in [0.29, 0.717) is 5.92 Å². The lowest BCUT2D eigenvalue weighted by Gasteiger charge is -2.35. The van der Waals surface area contributed by atoms with E-state index < -0.39 is 11.6 Å². The molecule has 0 radical (unpaired) electrons. The first-order chi connectivity index (χ1) is 9.58. The minimum atomic E-state index is -0.767. The predicted molar refractivity (Wildman–Crippen MR) is 92.1 cm³/mol. The maximum atomic E-state index is 13.5. The fourth-order valence-electron chi connectivity index (χ4n) is 2.76. The van der Waals surface area contributed by atoms with Gasteiger partial charge in [0.2, 0.25) is 0 Å². The zero-order valence-electron chi connectivity index (χ0n) is 13.1. The summed E-state index contributed by atoms with van der Waals surface area (Å²) in [7, 11) is 0. The number of nitrogens with zero attached hydrogens (tertiary/aromatic N) is 1. The highest BCUT2D eigenvalue weighted by Crippen LogP contribution is 2.28. The van der Waals surface area contributed by atoms with E-state index >= 15 is 0 Å². The summed E-state index contributed by atoms with van der Waals surface area (Å²) in [5.74, 6) is -0.894. The molecule has 1 N–H and O–H groups in total. The van der Waals surface area contributed by atoms with Crippen LogP contribution in [-0.4, -0.2) is 31.1 Å². The topological polar surface area (TPSA) is 15.3 Å². The van der Waals surface area contributed by atoms with E-state index in [4.69, 9.17) is 0 Å². The molecule has 1 aliphatic rings. The van der Waals surface area contributed by atoms with Crippen LogP contribution < -0.4 is 5.32 Å². The van der Waals surface area contributed by atoms with Crippen LogP contribution in [0.25, 0.3) is 0 Å². The molecule has 1 fully saturated rings. The van der Waals surface area contributed by atoms with E-state index in [1.54, 1.807) is 6.07 Å². The van der Waals surface area contributed by atoms with Crippen LogP contribution in [0, 0.1) is 17.6 Å². The first kappa shape index (κ1) is 21.6. The molecule has 1 atom stereocenters. The first-order valence-electron chi connectivity index (χ1n) is 7.47. The van der Waals surface area contributed by atoms with Crippen molar-refractivity contribution in [2.75, 3.05) is 26.2 Å². The van der Waals surface area contributed by atoms with Crippen LogP contribution in [0.5, 0.6) is 0 Å². The number of rotatable bonds is 5. The summed E-state index contributed by atoms with van der Waals surface area (Å²) in [6.45, 7) is 8.23. The van der Waals surface area contributed by atoms with Crippen molar-refractivity contribution in [3.05, 3.63) is 35.4 Å². The van der Waals surface area contributed by atoms with E-state index in [1.807, 2.05) is 0 Å². The van der Waals surface area contributed by atoms with Crippen LogP contribution in [-0.2, 0) is 0 Å². The quantitative estimate of drug-likeness (QED) is 0.852. The van der Waals surface area contributed by atoms with Gasteiger partial charge in [-0.15, -0.1) is 24.8 Å². The number of hydrogen-bond donors (Lipinski definition) is 1. The fourth-order valence-corrected chi connectivity index (χ4v) is 2.76. The van der Waals surface area contributed by atoms with Crippen molar-refractivity contribution >= 4 is 24.8 Å². The molecule has 1 aromatic rings. The van der Waals surface area contributed by atoms with Gasteiger partial charge in [-0.3, -0.25) is 4.90 Å². The minimum absolute atomic E-state index is 0. The van der Waals surface area contributed by atoms with Crippen molar-refractivity contribution in [2.45, 2.75) is 32.7 Å². The third-order valence-electron chi connectivity index (χ3n) is 3.94. The molecular formula is C16H26Cl2F2N2. The van der Waals surface area contributed by atoms with Gasteiger partial charge in [-0.05, 0) is 36.5 Å². The molecule has 2 rings (SSSR count). The van der Waals surface area contributed by atoms with Crippen molar-refractivity contribution in [1.82, 2.24) is 10.2 Å². The molecule has 6 heteroatoms. The molecule has 0 unspecified atom stereocenters. The lowest BCUT2D eigenvalue weighted by molar-refractivity contribution is 0.159. The highest BCUT2D eigenvalue weighted by Gasteiger charge is 2.23. The Kier molecular flexibility index (Phi) is 10.2. The van der Waals surface area contributed by atoms with Gasteiger partial charge < -0.3 is 5.32 Å². The molecule has 0 saturated carbocycles. The summed E-state index contributed by atoms with van der Waals surface area (Å²) in [6, 6.07) is 4.53. The van der Waals surface area contributed by atoms with Crippen molar-refractivity contribution in [3.8, 4) is 0 Å². The first-order valence-corrected chi connectivity index (χ1v) is 7.47. The second-order valence-electron chi connectivity index (χ2n) is 5.95. The van der Waals surface area contributed by atoms with Gasteiger partial charge in [-0.2, -0.15) is 0 Å². The zero-order valence-corrected chi connectivity index (χ0v) is 14.8. The zero-order chi connectivity index (χ0) is 14.5. The Morgan fingerprint density at radius 1 is 1.05 bits per heavy atom. The van der Waals surface area contributed by atoms with Crippen molar-refractivity contribution < 1.29 is 8.78 Å². The average molecular weight is 355 g/mol. The molecular weight excluding hydrogens is 329 g/mol. The van der Waals surface area contributed by atoms with E-state index in [-0.39, 0.29) is 30.9 Å². The molecule has 0 aliphatic carbocycles. The van der Waals surface area contributed by atoms with Crippen molar-refractivity contribution in [3.63, 3.8) is 0 Å². The third kappa shape index (κ3) is 5.99. The Morgan fingerprint density at radius 3 is 2.23 bits per heavy atom. The molecule has 22 heavy (non-hydrogen) atoms. The Bertz CT molecular complexity index is 438. The van der Waals surface area contributed by atoms with Gasteiger partial charge in [-0.1, -0.05) is 19.9 Å². The summed E-state index contributed by atoms with van der Waals surface area (Å²) in [5.41, 5.74) is 0.895. The number of piperazine rings is 1. The van der Waals surface area contributed by atoms with Crippen LogP contribution in [0.4, 0.5) is 8.78 Å². The Labute approximate surface area is 144 Å². The molecule has 0 aromatic heterocycles. The van der Waals surface area contributed by atoms with Gasteiger partial charge in [0.1, 0.15) is 0 Å². The lowest BCUT2D eigenvalue weighted by atomic mass is 9.95. The van der Waals surface area contributed by atoms with Crippen LogP contribution in [0.1, 0.15) is 38.3 Å². The number of nitrogens with one attached hydrogen (secondary N) is 1. The van der Waals surface area contributed by atoms with E-state index in [1.165, 1.54) is 12.1 Å². The van der Waals surface area contributed by atoms with Crippen LogP contribution in [0.15, 0.2) is 18.2 Å². The van der Waals surface area contributed by atoms with Crippen LogP contribution in [0.2, 0.25) is 0 Å². The third-order valence-corrected chi connectivity index (χ3v) is 3.94. The lowest BCUT2D eigenvalue weighted by Crippen LogP contribution is -2.45. The molecule has 1 heterocycles. The van der Waals surface area contributed by atoms with Crippen molar-refractivity contribution in [1.29, 1.82) is 0 Å². The molecule has 2 nitrogen and oxygen atoms in total. The van der Waals surface area contributed by atoms with Gasteiger partial charge in [0.05, 0.1) is 0 Å². The highest BCUT2D eigenvalue weighted by molar-refractivity contribution is 5.85. The summed E-state index contributed by atoms with van der Waals surface area (Å²) in [5, 5.41) is 3.33. The Hall–Kier alpha value is -0.420. The average Bonchev–Trinajstić information content (AvgIpc) is 2.44. The van der Waals surface area contributed by atoms with E-state index in [9.17, 15) is 8.78 Å². The summed E-state index contributed by atoms with van der Waals surface area (Å²) >= 11 is 0. The summed E-state index contributed by atoms with van der Waals surface area (Å²) in [4.78, 5) is 2.38. The smallest absolute Gasteiger partial charge is 0.159 e. The van der Waals surface area contributed by atoms with E-state index in [0.717, 1.165) is 44.6 Å². The normalized spacial score (nSPS) is 16.8. The predicted octanol–water partition coefficient (Wildman–Crippen LogP) is 4.19. The monoisotopic (exact) mass is 354 g/mol. The van der Waals surface area contributed by atoms with Gasteiger partial charge >= 0.3 is 0 Å². The molecule has 1 saturated heterocycles. The number of halogens is 4. The molecule has 1 aliphatic heterocycles. The standard InChI is InChI=1S/C16H24F2N2.2ClH/c1-12(2)3-6-16(20-9-7-19-8-10-20)13-4-5-14(17)15(18)11-13;;/h4-5,11-12,16,19H,3,6-10H2,1-2H3;2*1H/t16-;;/m1../s1. The molecule has 0 bridgehead atoms. The largest absolute Gasteiger partial charge is 0.314 e. The summed E-state index contributed by atoms with van der Waals surface area (Å²) in [6.07, 6.45) is 2.08. The van der Waals surface area contributed by atoms with Crippen LogP contribution in [0.3, 0.4) is 0 Å². The second kappa shape index (κ2) is 10.4. The van der Waals surface area contributed by atoms with Crippen molar-refractivity contribution in [2.24, 2.45) is 5.92 Å². The molecule has 128 valence electrons.